The molecule has 0 radical (unpaired) electrons. The molecular formula is C12H24BrNO. The summed E-state index contributed by atoms with van der Waals surface area (Å²) in [4.78, 5) is 4.55. The van der Waals surface area contributed by atoms with Crippen LogP contribution in [0.4, 0.5) is 0 Å². The fraction of sp³-hybridized carbons (Fsp3) is 0.917. The number of alkyl halides is 1. The number of halogens is 1. The van der Waals surface area contributed by atoms with Crippen LogP contribution in [0.25, 0.3) is 0 Å². The Bertz CT molecular complexity index is 202. The standard InChI is InChI=1S/C12H24BrNO/c1-11(2,3)14-9-12(4,5)7-10(8-13)15-6/h9-10H,7-8H2,1-6H3. The van der Waals surface area contributed by atoms with E-state index in [9.17, 15) is 0 Å². The van der Waals surface area contributed by atoms with E-state index in [0.29, 0.717) is 0 Å². The Morgan fingerprint density at radius 3 is 2.13 bits per heavy atom. The zero-order valence-corrected chi connectivity index (χ0v) is 12.4. The number of rotatable bonds is 5. The SMILES string of the molecule is COC(CBr)CC(C)(C)C=NC(C)(C)C. The first-order chi connectivity index (χ1) is 6.70. The van der Waals surface area contributed by atoms with E-state index >= 15 is 0 Å². The molecule has 0 aromatic heterocycles. The van der Waals surface area contributed by atoms with Crippen LogP contribution in [0.3, 0.4) is 0 Å². The average molecular weight is 278 g/mol. The van der Waals surface area contributed by atoms with Crippen LogP contribution in [0.5, 0.6) is 0 Å². The van der Waals surface area contributed by atoms with Crippen molar-refractivity contribution in [1.82, 2.24) is 0 Å². The van der Waals surface area contributed by atoms with Gasteiger partial charge in [0.15, 0.2) is 0 Å². The predicted octanol–water partition coefficient (Wildman–Crippen LogP) is 3.68. The maximum Gasteiger partial charge on any atom is 0.0676 e. The number of nitrogens with zero attached hydrogens (tertiary/aromatic N) is 1. The first-order valence-electron chi connectivity index (χ1n) is 5.35. The maximum atomic E-state index is 5.36. The molecule has 0 aliphatic carbocycles. The van der Waals surface area contributed by atoms with Gasteiger partial charge in [-0.05, 0) is 27.2 Å². The fourth-order valence-corrected chi connectivity index (χ4v) is 1.70. The lowest BCUT2D eigenvalue weighted by molar-refractivity contribution is 0.0962. The van der Waals surface area contributed by atoms with Gasteiger partial charge in [0.2, 0.25) is 0 Å². The van der Waals surface area contributed by atoms with Crippen LogP contribution in [0.1, 0.15) is 41.0 Å². The zero-order chi connectivity index (χ0) is 12.1. The lowest BCUT2D eigenvalue weighted by Gasteiger charge is -2.25. The molecule has 1 unspecified atom stereocenters. The largest absolute Gasteiger partial charge is 0.381 e. The van der Waals surface area contributed by atoms with Crippen LogP contribution >= 0.6 is 15.9 Å². The first-order valence-corrected chi connectivity index (χ1v) is 6.47. The number of methoxy groups -OCH3 is 1. The average Bonchev–Trinajstić information content (AvgIpc) is 2.10. The van der Waals surface area contributed by atoms with Gasteiger partial charge in [0.1, 0.15) is 0 Å². The van der Waals surface area contributed by atoms with Crippen LogP contribution in [0, 0.1) is 5.41 Å². The topological polar surface area (TPSA) is 21.6 Å². The molecule has 0 aromatic carbocycles. The molecule has 0 aliphatic rings. The van der Waals surface area contributed by atoms with E-state index < -0.39 is 0 Å². The maximum absolute atomic E-state index is 5.36. The molecule has 3 heteroatoms. The highest BCUT2D eigenvalue weighted by atomic mass is 79.9. The van der Waals surface area contributed by atoms with Gasteiger partial charge in [-0.3, -0.25) is 4.99 Å². The molecule has 15 heavy (non-hydrogen) atoms. The predicted molar refractivity (Wildman–Crippen MR) is 71.2 cm³/mol. The van der Waals surface area contributed by atoms with E-state index in [1.807, 2.05) is 0 Å². The molecule has 0 saturated heterocycles. The van der Waals surface area contributed by atoms with Crippen molar-refractivity contribution < 1.29 is 4.74 Å². The van der Waals surface area contributed by atoms with Crippen LogP contribution < -0.4 is 0 Å². The third-order valence-electron chi connectivity index (χ3n) is 2.06. The minimum absolute atomic E-state index is 0.00818. The van der Waals surface area contributed by atoms with Gasteiger partial charge in [-0.2, -0.15) is 0 Å². The lowest BCUT2D eigenvalue weighted by atomic mass is 9.88. The smallest absolute Gasteiger partial charge is 0.0676 e. The van der Waals surface area contributed by atoms with E-state index in [1.165, 1.54) is 0 Å². The Morgan fingerprint density at radius 1 is 1.27 bits per heavy atom. The molecule has 0 rings (SSSR count). The molecule has 0 spiro atoms. The number of hydrogen-bond acceptors (Lipinski definition) is 2. The molecule has 0 N–H and O–H groups in total. The molecule has 0 aliphatic heterocycles. The third kappa shape index (κ3) is 7.97. The summed E-state index contributed by atoms with van der Waals surface area (Å²) in [5, 5.41) is 0.871. The number of hydrogen-bond donors (Lipinski definition) is 0. The summed E-state index contributed by atoms with van der Waals surface area (Å²) in [6, 6.07) is 0. The van der Waals surface area contributed by atoms with Crippen molar-refractivity contribution in [2.24, 2.45) is 10.4 Å². The van der Waals surface area contributed by atoms with Crippen molar-refractivity contribution in [3.8, 4) is 0 Å². The fourth-order valence-electron chi connectivity index (χ4n) is 1.21. The molecule has 0 saturated carbocycles. The summed E-state index contributed by atoms with van der Waals surface area (Å²) in [6.07, 6.45) is 3.29. The molecule has 0 heterocycles. The van der Waals surface area contributed by atoms with E-state index in [4.69, 9.17) is 4.74 Å². The summed E-state index contributed by atoms with van der Waals surface area (Å²) in [6.45, 7) is 10.7. The molecule has 2 nitrogen and oxygen atoms in total. The molecule has 90 valence electrons. The Hall–Kier alpha value is 0.110. The molecule has 0 amide bonds. The van der Waals surface area contributed by atoms with Crippen molar-refractivity contribution in [1.29, 1.82) is 0 Å². The molecule has 0 bridgehead atoms. The Kier molecular flexibility index (Phi) is 6.04. The van der Waals surface area contributed by atoms with Gasteiger partial charge in [0.05, 0.1) is 11.6 Å². The second-order valence-electron chi connectivity index (χ2n) is 5.63. The van der Waals surface area contributed by atoms with Gasteiger partial charge < -0.3 is 4.74 Å². The van der Waals surface area contributed by atoms with E-state index in [-0.39, 0.29) is 17.1 Å². The van der Waals surface area contributed by atoms with Crippen molar-refractivity contribution in [3.05, 3.63) is 0 Å². The quantitative estimate of drug-likeness (QED) is 0.555. The van der Waals surface area contributed by atoms with Crippen molar-refractivity contribution in [2.45, 2.75) is 52.7 Å². The third-order valence-corrected chi connectivity index (χ3v) is 2.78. The summed E-state index contributed by atoms with van der Waals surface area (Å²) in [5.74, 6) is 0. The molecular weight excluding hydrogens is 254 g/mol. The van der Waals surface area contributed by atoms with Crippen LogP contribution in [0.15, 0.2) is 4.99 Å². The second kappa shape index (κ2) is 6.00. The summed E-state index contributed by atoms with van der Waals surface area (Å²) in [7, 11) is 1.75. The van der Waals surface area contributed by atoms with Crippen LogP contribution in [0.2, 0.25) is 0 Å². The Labute approximate surface area is 103 Å². The highest BCUT2D eigenvalue weighted by molar-refractivity contribution is 9.09. The highest BCUT2D eigenvalue weighted by Crippen LogP contribution is 2.23. The van der Waals surface area contributed by atoms with Gasteiger partial charge in [-0.25, -0.2) is 0 Å². The van der Waals surface area contributed by atoms with Gasteiger partial charge >= 0.3 is 0 Å². The first kappa shape index (κ1) is 15.1. The van der Waals surface area contributed by atoms with Crippen LogP contribution in [-0.2, 0) is 4.74 Å². The molecule has 0 fully saturated rings. The summed E-state index contributed by atoms with van der Waals surface area (Å²) >= 11 is 3.45. The van der Waals surface area contributed by atoms with Gasteiger partial charge in [-0.15, -0.1) is 0 Å². The van der Waals surface area contributed by atoms with E-state index in [1.54, 1.807) is 7.11 Å². The second-order valence-corrected chi connectivity index (χ2v) is 6.28. The Balaban J connectivity index is 4.35. The lowest BCUT2D eigenvalue weighted by Crippen LogP contribution is -2.26. The minimum atomic E-state index is 0.00818. The van der Waals surface area contributed by atoms with Crippen molar-refractivity contribution >= 4 is 22.1 Å². The number of aliphatic imine (C=N–C) groups is 1. The minimum Gasteiger partial charge on any atom is -0.381 e. The summed E-state index contributed by atoms with van der Waals surface area (Å²) < 4.78 is 5.36. The Morgan fingerprint density at radius 2 is 1.80 bits per heavy atom. The van der Waals surface area contributed by atoms with Gasteiger partial charge in [0.25, 0.3) is 0 Å². The van der Waals surface area contributed by atoms with E-state index in [0.717, 1.165) is 11.8 Å². The van der Waals surface area contributed by atoms with Crippen molar-refractivity contribution in [2.75, 3.05) is 12.4 Å². The summed E-state index contributed by atoms with van der Waals surface area (Å²) in [5.41, 5.74) is 0.0932. The monoisotopic (exact) mass is 277 g/mol. The van der Waals surface area contributed by atoms with E-state index in [2.05, 4.69) is 61.8 Å². The zero-order valence-electron chi connectivity index (χ0n) is 10.8. The number of ether oxygens (including phenoxy) is 1. The van der Waals surface area contributed by atoms with Gasteiger partial charge in [0, 0.05) is 24.1 Å². The normalized spacial score (nSPS) is 15.9. The molecule has 1 atom stereocenters. The van der Waals surface area contributed by atoms with Crippen molar-refractivity contribution in [3.63, 3.8) is 0 Å². The van der Waals surface area contributed by atoms with Gasteiger partial charge in [-0.1, -0.05) is 29.8 Å². The molecule has 0 aromatic rings. The van der Waals surface area contributed by atoms with Crippen LogP contribution in [-0.4, -0.2) is 30.3 Å². The highest BCUT2D eigenvalue weighted by Gasteiger charge is 2.21.